The summed E-state index contributed by atoms with van der Waals surface area (Å²) in [6.07, 6.45) is 0. The first kappa shape index (κ1) is 17.1. The average molecular weight is 390 g/mol. The lowest BCUT2D eigenvalue weighted by molar-refractivity contribution is -0.384. The molecule has 0 bridgehead atoms. The number of halogens is 1. The van der Waals surface area contributed by atoms with Gasteiger partial charge in [0, 0.05) is 55.9 Å². The number of piperazine rings is 1. The summed E-state index contributed by atoms with van der Waals surface area (Å²) < 4.78 is 1.12. The lowest BCUT2D eigenvalue weighted by Gasteiger charge is -2.34. The zero-order chi connectivity index (χ0) is 16.9. The van der Waals surface area contributed by atoms with Gasteiger partial charge in [0.25, 0.3) is 5.69 Å². The third-order valence-corrected chi connectivity index (χ3v) is 4.81. The van der Waals surface area contributed by atoms with Crippen LogP contribution in [0.5, 0.6) is 0 Å². The van der Waals surface area contributed by atoms with Crippen molar-refractivity contribution in [3.8, 4) is 0 Å². The van der Waals surface area contributed by atoms with Crippen molar-refractivity contribution in [1.82, 2.24) is 9.80 Å². The standard InChI is InChI=1S/C18H20BrN3O2/c19-17-3-1-2-16(12-17)14-21-10-8-20(9-11-21)13-15-4-6-18(7-5-15)22(23)24/h1-7,12H,8-11,13-14H2. The monoisotopic (exact) mass is 389 g/mol. The molecule has 126 valence electrons. The van der Waals surface area contributed by atoms with Crippen LogP contribution in [-0.4, -0.2) is 40.9 Å². The van der Waals surface area contributed by atoms with Gasteiger partial charge in [0.15, 0.2) is 0 Å². The van der Waals surface area contributed by atoms with Gasteiger partial charge in [-0.3, -0.25) is 19.9 Å². The summed E-state index contributed by atoms with van der Waals surface area (Å²) in [5.74, 6) is 0. The Morgan fingerprint density at radius 3 is 2.04 bits per heavy atom. The van der Waals surface area contributed by atoms with E-state index >= 15 is 0 Å². The van der Waals surface area contributed by atoms with Crippen LogP contribution in [0.25, 0.3) is 0 Å². The molecule has 2 aromatic rings. The molecule has 0 radical (unpaired) electrons. The highest BCUT2D eigenvalue weighted by Gasteiger charge is 2.17. The summed E-state index contributed by atoms with van der Waals surface area (Å²) in [5, 5.41) is 10.7. The predicted molar refractivity (Wildman–Crippen MR) is 97.8 cm³/mol. The molecule has 0 atom stereocenters. The Kier molecular flexibility index (Phi) is 5.60. The predicted octanol–water partition coefficient (Wildman–Crippen LogP) is 3.68. The average Bonchev–Trinajstić information content (AvgIpc) is 2.57. The maximum Gasteiger partial charge on any atom is 0.269 e. The first-order valence-electron chi connectivity index (χ1n) is 8.02. The lowest BCUT2D eigenvalue weighted by atomic mass is 10.1. The lowest BCUT2D eigenvalue weighted by Crippen LogP contribution is -2.45. The Morgan fingerprint density at radius 2 is 1.50 bits per heavy atom. The molecule has 0 aliphatic carbocycles. The summed E-state index contributed by atoms with van der Waals surface area (Å²) in [4.78, 5) is 15.2. The molecule has 1 fully saturated rings. The fraction of sp³-hybridized carbons (Fsp3) is 0.333. The minimum Gasteiger partial charge on any atom is -0.297 e. The van der Waals surface area contributed by atoms with E-state index < -0.39 is 0 Å². The van der Waals surface area contributed by atoms with Crippen LogP contribution in [0.3, 0.4) is 0 Å². The summed E-state index contributed by atoms with van der Waals surface area (Å²) in [7, 11) is 0. The molecule has 0 amide bonds. The first-order valence-corrected chi connectivity index (χ1v) is 8.82. The van der Waals surface area contributed by atoms with Crippen molar-refractivity contribution in [2.45, 2.75) is 13.1 Å². The zero-order valence-corrected chi connectivity index (χ0v) is 15.0. The van der Waals surface area contributed by atoms with Crippen LogP contribution in [0.2, 0.25) is 0 Å². The van der Waals surface area contributed by atoms with Gasteiger partial charge in [-0.05, 0) is 23.3 Å². The molecular weight excluding hydrogens is 370 g/mol. The molecule has 0 saturated carbocycles. The van der Waals surface area contributed by atoms with Gasteiger partial charge >= 0.3 is 0 Å². The fourth-order valence-corrected chi connectivity index (χ4v) is 3.43. The number of hydrogen-bond donors (Lipinski definition) is 0. The van der Waals surface area contributed by atoms with E-state index in [-0.39, 0.29) is 10.6 Å². The molecule has 1 aliphatic rings. The van der Waals surface area contributed by atoms with Gasteiger partial charge in [-0.15, -0.1) is 0 Å². The van der Waals surface area contributed by atoms with Crippen LogP contribution in [0.15, 0.2) is 53.0 Å². The summed E-state index contributed by atoms with van der Waals surface area (Å²) in [6.45, 7) is 5.95. The number of non-ortho nitro benzene ring substituents is 1. The van der Waals surface area contributed by atoms with Crippen LogP contribution in [0, 0.1) is 10.1 Å². The second-order valence-corrected chi connectivity index (χ2v) is 7.02. The van der Waals surface area contributed by atoms with E-state index in [2.05, 4.69) is 43.9 Å². The minimum absolute atomic E-state index is 0.151. The van der Waals surface area contributed by atoms with Gasteiger partial charge < -0.3 is 0 Å². The second-order valence-electron chi connectivity index (χ2n) is 6.11. The van der Waals surface area contributed by atoms with Crippen LogP contribution in [0.4, 0.5) is 5.69 Å². The fourth-order valence-electron chi connectivity index (χ4n) is 2.98. The van der Waals surface area contributed by atoms with Crippen LogP contribution >= 0.6 is 15.9 Å². The molecule has 1 heterocycles. The summed E-state index contributed by atoms with van der Waals surface area (Å²) in [6, 6.07) is 15.3. The van der Waals surface area contributed by atoms with E-state index in [0.717, 1.165) is 49.3 Å². The van der Waals surface area contributed by atoms with E-state index in [0.29, 0.717) is 0 Å². The van der Waals surface area contributed by atoms with Crippen molar-refractivity contribution < 1.29 is 4.92 Å². The highest BCUT2D eigenvalue weighted by molar-refractivity contribution is 9.10. The zero-order valence-electron chi connectivity index (χ0n) is 13.4. The molecule has 3 rings (SSSR count). The number of rotatable bonds is 5. The van der Waals surface area contributed by atoms with E-state index in [1.54, 1.807) is 12.1 Å². The number of nitro benzene ring substituents is 1. The third-order valence-electron chi connectivity index (χ3n) is 4.31. The van der Waals surface area contributed by atoms with Gasteiger partial charge in [0.2, 0.25) is 0 Å². The number of benzene rings is 2. The van der Waals surface area contributed by atoms with Gasteiger partial charge in [0.1, 0.15) is 0 Å². The molecule has 5 nitrogen and oxygen atoms in total. The summed E-state index contributed by atoms with van der Waals surface area (Å²) >= 11 is 3.52. The first-order chi connectivity index (χ1) is 11.6. The van der Waals surface area contributed by atoms with Gasteiger partial charge in [0.05, 0.1) is 4.92 Å². The van der Waals surface area contributed by atoms with Crippen molar-refractivity contribution in [3.05, 3.63) is 74.2 Å². The summed E-state index contributed by atoms with van der Waals surface area (Å²) in [5.41, 5.74) is 2.60. The van der Waals surface area contributed by atoms with Gasteiger partial charge in [-0.2, -0.15) is 0 Å². The molecule has 2 aromatic carbocycles. The van der Waals surface area contributed by atoms with E-state index in [1.165, 1.54) is 5.56 Å². The maximum atomic E-state index is 10.7. The Morgan fingerprint density at radius 1 is 0.917 bits per heavy atom. The molecule has 1 aliphatic heterocycles. The van der Waals surface area contributed by atoms with Crippen molar-refractivity contribution in [2.75, 3.05) is 26.2 Å². The molecule has 0 aromatic heterocycles. The number of nitro groups is 1. The van der Waals surface area contributed by atoms with E-state index in [4.69, 9.17) is 0 Å². The molecule has 24 heavy (non-hydrogen) atoms. The Balaban J connectivity index is 1.49. The topological polar surface area (TPSA) is 49.6 Å². The maximum absolute atomic E-state index is 10.7. The minimum atomic E-state index is -0.357. The second kappa shape index (κ2) is 7.88. The van der Waals surface area contributed by atoms with Crippen LogP contribution < -0.4 is 0 Å². The Hall–Kier alpha value is -1.76. The SMILES string of the molecule is O=[N+]([O-])c1ccc(CN2CCN(Cc3cccc(Br)c3)CC2)cc1. The van der Waals surface area contributed by atoms with Crippen molar-refractivity contribution in [1.29, 1.82) is 0 Å². The van der Waals surface area contributed by atoms with E-state index in [9.17, 15) is 10.1 Å². The molecule has 0 spiro atoms. The normalized spacial score (nSPS) is 16.2. The van der Waals surface area contributed by atoms with Gasteiger partial charge in [-0.25, -0.2) is 0 Å². The molecule has 1 saturated heterocycles. The van der Waals surface area contributed by atoms with Crippen LogP contribution in [0.1, 0.15) is 11.1 Å². The van der Waals surface area contributed by atoms with Gasteiger partial charge in [-0.1, -0.05) is 40.2 Å². The largest absolute Gasteiger partial charge is 0.297 e. The number of hydrogen-bond acceptors (Lipinski definition) is 4. The van der Waals surface area contributed by atoms with Crippen molar-refractivity contribution in [3.63, 3.8) is 0 Å². The Bertz CT molecular complexity index is 698. The molecule has 0 N–H and O–H groups in total. The van der Waals surface area contributed by atoms with E-state index in [1.807, 2.05) is 18.2 Å². The molecule has 0 unspecified atom stereocenters. The quantitative estimate of drug-likeness (QED) is 0.578. The Labute approximate surface area is 150 Å². The van der Waals surface area contributed by atoms with Crippen molar-refractivity contribution >= 4 is 21.6 Å². The number of nitrogens with zero attached hydrogens (tertiary/aromatic N) is 3. The van der Waals surface area contributed by atoms with Crippen molar-refractivity contribution in [2.24, 2.45) is 0 Å². The molecular formula is C18H20BrN3O2. The smallest absolute Gasteiger partial charge is 0.269 e. The molecule has 6 heteroatoms. The highest BCUT2D eigenvalue weighted by atomic mass is 79.9. The highest BCUT2D eigenvalue weighted by Crippen LogP contribution is 2.17. The van der Waals surface area contributed by atoms with Crippen LogP contribution in [-0.2, 0) is 13.1 Å². The third kappa shape index (κ3) is 4.63.